The van der Waals surface area contributed by atoms with Crippen LogP contribution in [0.1, 0.15) is 64.0 Å². The smallest absolute Gasteiger partial charge is 0.447 e. The Hall–Kier alpha value is -2.96. The molecule has 2 heterocycles. The molecule has 3 atom stereocenters. The van der Waals surface area contributed by atoms with Crippen molar-refractivity contribution in [2.45, 2.75) is 88.9 Å². The van der Waals surface area contributed by atoms with Gasteiger partial charge in [0.2, 0.25) is 5.91 Å². The van der Waals surface area contributed by atoms with Crippen molar-refractivity contribution in [1.29, 1.82) is 5.26 Å². The molecule has 0 bridgehead atoms. The Bertz CT molecular complexity index is 1190. The van der Waals surface area contributed by atoms with Crippen LogP contribution in [0.3, 0.4) is 0 Å². The topological polar surface area (TPSA) is 126 Å². The number of alkyl carbamates (subject to hydrolysis) is 1. The van der Waals surface area contributed by atoms with Crippen LogP contribution in [-0.4, -0.2) is 88.7 Å². The molecule has 2 aliphatic rings. The summed E-state index contributed by atoms with van der Waals surface area (Å²) in [7, 11) is -2.20. The van der Waals surface area contributed by atoms with Gasteiger partial charge in [0, 0.05) is 25.0 Å². The zero-order chi connectivity index (χ0) is 32.2. The van der Waals surface area contributed by atoms with E-state index in [1.54, 1.807) is 18.7 Å². The van der Waals surface area contributed by atoms with Crippen LogP contribution < -0.4 is 5.32 Å². The molecule has 0 aliphatic carbocycles. The second-order valence-electron chi connectivity index (χ2n) is 12.2. The van der Waals surface area contributed by atoms with Crippen molar-refractivity contribution < 1.29 is 46.3 Å². The molecule has 3 rings (SSSR count). The molecule has 2 fully saturated rings. The van der Waals surface area contributed by atoms with Crippen LogP contribution in [0.4, 0.5) is 26.7 Å². The van der Waals surface area contributed by atoms with E-state index < -0.39 is 72.7 Å². The summed E-state index contributed by atoms with van der Waals surface area (Å²) in [6.07, 6.45) is -4.90. The van der Waals surface area contributed by atoms with Crippen LogP contribution in [0, 0.1) is 16.7 Å². The lowest BCUT2D eigenvalue weighted by Crippen LogP contribution is -2.55. The molecule has 9 nitrogen and oxygen atoms in total. The summed E-state index contributed by atoms with van der Waals surface area (Å²) >= 11 is 0. The minimum absolute atomic E-state index is 0.00849. The Labute approximate surface area is 248 Å². The number of ether oxygens (including phenoxy) is 1. The van der Waals surface area contributed by atoms with Gasteiger partial charge in [0.25, 0.3) is 5.92 Å². The lowest BCUT2D eigenvalue weighted by Gasteiger charge is -2.43. The standard InChI is InChI=1S/C28H38BF5N4O5/c1-25(2,37-13-11-27(30,31)18-37)16-26(3,17-35)23(39)38-12-7-6-9-20(38)15-43-24(40)36-22(29(41)42)14-19-8-4-5-10-21(19)28(32,33)34/h4-5,8,10,20,22,41-42H,6-7,9,11-16,18H2,1-3H3,(H,36,40)/t20-,22+,26?/m1/s1. The molecule has 0 radical (unpaired) electrons. The van der Waals surface area contributed by atoms with Crippen molar-refractivity contribution in [3.63, 3.8) is 0 Å². The van der Waals surface area contributed by atoms with Crippen LogP contribution in [0.15, 0.2) is 24.3 Å². The molecule has 0 saturated carbocycles. The largest absolute Gasteiger partial charge is 0.475 e. The number of alkyl halides is 5. The van der Waals surface area contributed by atoms with E-state index in [0.717, 1.165) is 6.07 Å². The summed E-state index contributed by atoms with van der Waals surface area (Å²) in [5.74, 6) is -4.88. The first kappa shape index (κ1) is 34.5. The van der Waals surface area contributed by atoms with E-state index in [9.17, 15) is 46.9 Å². The van der Waals surface area contributed by atoms with Gasteiger partial charge < -0.3 is 25.0 Å². The number of halogens is 5. The van der Waals surface area contributed by atoms with Crippen molar-refractivity contribution in [2.75, 3.05) is 26.2 Å². The van der Waals surface area contributed by atoms with Crippen LogP contribution in [0.5, 0.6) is 0 Å². The van der Waals surface area contributed by atoms with Gasteiger partial charge in [0.1, 0.15) is 12.0 Å². The molecule has 2 saturated heterocycles. The van der Waals surface area contributed by atoms with Crippen LogP contribution >= 0.6 is 0 Å². The number of amides is 2. The Morgan fingerprint density at radius 1 is 1.19 bits per heavy atom. The summed E-state index contributed by atoms with van der Waals surface area (Å²) < 4.78 is 73.2. The van der Waals surface area contributed by atoms with Gasteiger partial charge in [0.05, 0.1) is 30.2 Å². The zero-order valence-electron chi connectivity index (χ0n) is 24.5. The maximum atomic E-state index is 13.9. The molecule has 1 unspecified atom stereocenters. The number of carbonyl (C=O) groups excluding carboxylic acids is 2. The molecule has 1 aromatic rings. The number of rotatable bonds is 10. The highest BCUT2D eigenvalue weighted by atomic mass is 19.4. The average molecular weight is 616 g/mol. The highest BCUT2D eigenvalue weighted by molar-refractivity contribution is 6.43. The zero-order valence-corrected chi connectivity index (χ0v) is 24.5. The molecule has 15 heteroatoms. The van der Waals surface area contributed by atoms with Gasteiger partial charge >= 0.3 is 19.4 Å². The summed E-state index contributed by atoms with van der Waals surface area (Å²) in [6, 6.07) is 6.02. The van der Waals surface area contributed by atoms with E-state index in [4.69, 9.17) is 4.74 Å². The Morgan fingerprint density at radius 3 is 2.44 bits per heavy atom. The minimum Gasteiger partial charge on any atom is -0.447 e. The number of nitrogens with one attached hydrogen (secondary N) is 1. The average Bonchev–Trinajstić information content (AvgIpc) is 3.31. The second-order valence-corrected chi connectivity index (χ2v) is 12.2. The van der Waals surface area contributed by atoms with Gasteiger partial charge in [-0.2, -0.15) is 18.4 Å². The number of nitrogens with zero attached hydrogens (tertiary/aromatic N) is 3. The third kappa shape index (κ3) is 8.80. The van der Waals surface area contributed by atoms with Gasteiger partial charge in [-0.1, -0.05) is 18.2 Å². The van der Waals surface area contributed by atoms with E-state index in [0.29, 0.717) is 19.3 Å². The molecule has 43 heavy (non-hydrogen) atoms. The van der Waals surface area contributed by atoms with Crippen molar-refractivity contribution in [3.05, 3.63) is 35.4 Å². The van der Waals surface area contributed by atoms with Crippen LogP contribution in [0.25, 0.3) is 0 Å². The highest BCUT2D eigenvalue weighted by Crippen LogP contribution is 2.39. The maximum absolute atomic E-state index is 13.9. The molecule has 2 amide bonds. The second kappa shape index (κ2) is 13.4. The third-order valence-electron chi connectivity index (χ3n) is 8.25. The normalized spacial score (nSPS) is 21.4. The van der Waals surface area contributed by atoms with Gasteiger partial charge in [-0.05, 0) is 64.5 Å². The fourth-order valence-corrected chi connectivity index (χ4v) is 5.96. The van der Waals surface area contributed by atoms with Gasteiger partial charge in [0.15, 0.2) is 0 Å². The number of nitriles is 1. The van der Waals surface area contributed by atoms with E-state index in [1.807, 2.05) is 0 Å². The van der Waals surface area contributed by atoms with E-state index in [1.165, 1.54) is 30.0 Å². The number of hydrogen-bond acceptors (Lipinski definition) is 7. The van der Waals surface area contributed by atoms with Crippen LogP contribution in [0.2, 0.25) is 0 Å². The lowest BCUT2D eigenvalue weighted by molar-refractivity contribution is -0.145. The van der Waals surface area contributed by atoms with E-state index in [2.05, 4.69) is 11.4 Å². The fraction of sp³-hybridized carbons (Fsp3) is 0.679. The Kier molecular flexibility index (Phi) is 10.7. The number of carbonyl (C=O) groups is 2. The monoisotopic (exact) mass is 616 g/mol. The summed E-state index contributed by atoms with van der Waals surface area (Å²) in [5.41, 5.74) is -3.67. The molecule has 3 N–H and O–H groups in total. The predicted octanol–water partition coefficient (Wildman–Crippen LogP) is 3.78. The van der Waals surface area contributed by atoms with Crippen molar-refractivity contribution in [1.82, 2.24) is 15.1 Å². The molecular formula is C28H38BF5N4O5. The summed E-state index contributed by atoms with van der Waals surface area (Å²) in [4.78, 5) is 29.4. The molecule has 2 aliphatic heterocycles. The SMILES string of the molecule is CC(C#N)(CC(C)(C)N1CCC(F)(F)C1)C(=O)N1CCCC[C@@H]1COC(=O)N[C@@H](Cc1ccccc1C(F)(F)F)B(O)O. The predicted molar refractivity (Wildman–Crippen MR) is 147 cm³/mol. The Balaban J connectivity index is 1.66. The molecule has 0 aromatic heterocycles. The first-order chi connectivity index (χ1) is 19.9. The maximum Gasteiger partial charge on any atom is 0.475 e. The molecule has 238 valence electrons. The minimum atomic E-state index is -4.69. The molecule has 1 aromatic carbocycles. The fourth-order valence-electron chi connectivity index (χ4n) is 5.96. The molecular weight excluding hydrogens is 578 g/mol. The van der Waals surface area contributed by atoms with Crippen molar-refractivity contribution in [2.24, 2.45) is 5.41 Å². The van der Waals surface area contributed by atoms with E-state index >= 15 is 0 Å². The summed E-state index contributed by atoms with van der Waals surface area (Å²) in [5, 5.41) is 31.7. The van der Waals surface area contributed by atoms with E-state index in [-0.39, 0.29) is 38.1 Å². The quantitative estimate of drug-likeness (QED) is 0.270. The van der Waals surface area contributed by atoms with Crippen LogP contribution in [-0.2, 0) is 22.1 Å². The lowest BCUT2D eigenvalue weighted by atomic mass is 9.75. The number of piperidine rings is 1. The van der Waals surface area contributed by atoms with Crippen molar-refractivity contribution in [3.8, 4) is 6.07 Å². The van der Waals surface area contributed by atoms with Crippen molar-refractivity contribution >= 4 is 19.1 Å². The number of benzene rings is 1. The third-order valence-corrected chi connectivity index (χ3v) is 8.25. The summed E-state index contributed by atoms with van der Waals surface area (Å²) in [6.45, 7) is 4.55. The molecule has 0 spiro atoms. The highest BCUT2D eigenvalue weighted by Gasteiger charge is 2.49. The number of likely N-dealkylation sites (tertiary alicyclic amines) is 2. The Morgan fingerprint density at radius 2 is 1.86 bits per heavy atom. The van der Waals surface area contributed by atoms with Gasteiger partial charge in [-0.3, -0.25) is 9.69 Å². The number of hydrogen-bond donors (Lipinski definition) is 3. The van der Waals surface area contributed by atoms with Gasteiger partial charge in [-0.15, -0.1) is 0 Å². The first-order valence-electron chi connectivity index (χ1n) is 14.2. The first-order valence-corrected chi connectivity index (χ1v) is 14.2. The van der Waals surface area contributed by atoms with Gasteiger partial charge in [-0.25, -0.2) is 13.6 Å².